The number of rotatable bonds is 4. The van der Waals surface area contributed by atoms with Gasteiger partial charge in [0.25, 0.3) is 5.91 Å². The maximum absolute atomic E-state index is 12.2. The van der Waals surface area contributed by atoms with Crippen molar-refractivity contribution >= 4 is 38.9 Å². The van der Waals surface area contributed by atoms with Crippen molar-refractivity contribution in [2.45, 2.75) is 6.18 Å². The van der Waals surface area contributed by atoms with Crippen LogP contribution in [-0.2, 0) is 0 Å². The first kappa shape index (κ1) is 15.8. The summed E-state index contributed by atoms with van der Waals surface area (Å²) in [6.07, 6.45) is -4.43. The van der Waals surface area contributed by atoms with Gasteiger partial charge in [0.05, 0.1) is 14.4 Å². The topological polar surface area (TPSA) is 38.3 Å². The van der Waals surface area contributed by atoms with Crippen LogP contribution in [-0.4, -0.2) is 18.7 Å². The molecule has 0 spiro atoms. The number of thiophene rings is 1. The molecule has 0 aliphatic heterocycles. The van der Waals surface area contributed by atoms with E-state index < -0.39 is 18.7 Å². The lowest BCUT2D eigenvalue weighted by Gasteiger charge is -2.13. The smallest absolute Gasteiger partial charge is 0.422 e. The molecule has 21 heavy (non-hydrogen) atoms. The first-order valence-corrected chi connectivity index (χ1v) is 7.31. The number of carbonyl (C=O) groups excluding carboxylic acids is 1. The van der Waals surface area contributed by atoms with Gasteiger partial charge in [-0.25, -0.2) is 0 Å². The van der Waals surface area contributed by atoms with Gasteiger partial charge in [0.15, 0.2) is 6.61 Å². The molecule has 1 aromatic carbocycles. The van der Waals surface area contributed by atoms with Gasteiger partial charge in [-0.1, -0.05) is 12.1 Å². The summed E-state index contributed by atoms with van der Waals surface area (Å²) >= 11 is 4.46. The van der Waals surface area contributed by atoms with Crippen LogP contribution in [0.2, 0.25) is 0 Å². The molecule has 112 valence electrons. The Morgan fingerprint density at radius 2 is 1.95 bits per heavy atom. The molecule has 0 saturated carbocycles. The fourth-order valence-corrected chi connectivity index (χ4v) is 2.76. The Hall–Kier alpha value is -1.54. The first-order chi connectivity index (χ1) is 9.85. The van der Waals surface area contributed by atoms with Crippen molar-refractivity contribution in [2.75, 3.05) is 11.9 Å². The molecule has 0 unspecified atom stereocenters. The Kier molecular flexibility index (Phi) is 4.89. The van der Waals surface area contributed by atoms with E-state index in [4.69, 9.17) is 4.74 Å². The Bertz CT molecular complexity index is 642. The van der Waals surface area contributed by atoms with Crippen molar-refractivity contribution in [1.29, 1.82) is 0 Å². The Morgan fingerprint density at radius 3 is 2.57 bits per heavy atom. The first-order valence-electron chi connectivity index (χ1n) is 5.70. The van der Waals surface area contributed by atoms with Gasteiger partial charge in [-0.2, -0.15) is 13.2 Å². The fraction of sp³-hybridized carbons (Fsp3) is 0.154. The lowest BCUT2D eigenvalue weighted by Crippen LogP contribution is -2.20. The number of anilines is 1. The monoisotopic (exact) mass is 379 g/mol. The van der Waals surface area contributed by atoms with Crippen LogP contribution in [0.3, 0.4) is 0 Å². The molecule has 3 nitrogen and oxygen atoms in total. The zero-order valence-corrected chi connectivity index (χ0v) is 12.8. The van der Waals surface area contributed by atoms with Crippen molar-refractivity contribution in [3.8, 4) is 5.75 Å². The molecular weight excluding hydrogens is 371 g/mol. The van der Waals surface area contributed by atoms with Gasteiger partial charge in [0, 0.05) is 0 Å². The molecule has 0 aliphatic carbocycles. The van der Waals surface area contributed by atoms with Crippen LogP contribution >= 0.6 is 27.3 Å². The number of halogens is 4. The van der Waals surface area contributed by atoms with E-state index in [1.807, 2.05) is 0 Å². The van der Waals surface area contributed by atoms with Gasteiger partial charge in [0.1, 0.15) is 5.75 Å². The van der Waals surface area contributed by atoms with Crippen LogP contribution in [0.25, 0.3) is 0 Å². The van der Waals surface area contributed by atoms with Gasteiger partial charge in [-0.15, -0.1) is 11.3 Å². The maximum Gasteiger partial charge on any atom is 0.422 e. The summed E-state index contributed by atoms with van der Waals surface area (Å²) in [5.41, 5.74) is 0.191. The van der Waals surface area contributed by atoms with Crippen LogP contribution in [0, 0.1) is 0 Å². The lowest BCUT2D eigenvalue weighted by atomic mass is 10.3. The van der Waals surface area contributed by atoms with Gasteiger partial charge < -0.3 is 10.1 Å². The third-order valence-electron chi connectivity index (χ3n) is 2.32. The zero-order valence-electron chi connectivity index (χ0n) is 10.4. The fourth-order valence-electron chi connectivity index (χ4n) is 1.48. The predicted molar refractivity (Wildman–Crippen MR) is 78.0 cm³/mol. The number of nitrogens with one attached hydrogen (secondary N) is 1. The molecule has 0 fully saturated rings. The number of ether oxygens (including phenoxy) is 1. The molecule has 1 aromatic heterocycles. The van der Waals surface area contributed by atoms with E-state index in [1.165, 1.54) is 29.5 Å². The van der Waals surface area contributed by atoms with E-state index in [2.05, 4.69) is 21.2 Å². The Balaban J connectivity index is 2.11. The molecule has 1 heterocycles. The number of hydrogen-bond donors (Lipinski definition) is 1. The summed E-state index contributed by atoms with van der Waals surface area (Å²) in [4.78, 5) is 12.4. The summed E-state index contributed by atoms with van der Waals surface area (Å²) in [7, 11) is 0. The van der Waals surface area contributed by atoms with E-state index >= 15 is 0 Å². The number of carbonyl (C=O) groups is 1. The minimum atomic E-state index is -4.43. The highest BCUT2D eigenvalue weighted by Crippen LogP contribution is 2.28. The average Bonchev–Trinajstić information content (AvgIpc) is 2.83. The highest BCUT2D eigenvalue weighted by molar-refractivity contribution is 9.11. The van der Waals surface area contributed by atoms with Crippen molar-refractivity contribution in [3.63, 3.8) is 0 Å². The van der Waals surface area contributed by atoms with E-state index in [-0.39, 0.29) is 11.4 Å². The molecule has 0 aliphatic rings. The molecule has 2 rings (SSSR count). The summed E-state index contributed by atoms with van der Waals surface area (Å²) in [6, 6.07) is 9.30. The van der Waals surface area contributed by atoms with E-state index in [0.29, 0.717) is 4.88 Å². The van der Waals surface area contributed by atoms with E-state index in [1.54, 1.807) is 18.2 Å². The van der Waals surface area contributed by atoms with Crippen LogP contribution in [0.5, 0.6) is 5.75 Å². The normalized spacial score (nSPS) is 11.2. The number of alkyl halides is 3. The van der Waals surface area contributed by atoms with Crippen LogP contribution in [0.15, 0.2) is 40.2 Å². The van der Waals surface area contributed by atoms with Gasteiger partial charge in [0.2, 0.25) is 0 Å². The van der Waals surface area contributed by atoms with Gasteiger partial charge >= 0.3 is 6.18 Å². The minimum absolute atomic E-state index is 0.0289. The van der Waals surface area contributed by atoms with Gasteiger partial charge in [-0.3, -0.25) is 4.79 Å². The highest BCUT2D eigenvalue weighted by atomic mass is 79.9. The number of para-hydroxylation sites is 2. The molecule has 0 bridgehead atoms. The third kappa shape index (κ3) is 4.75. The van der Waals surface area contributed by atoms with Crippen LogP contribution < -0.4 is 10.1 Å². The molecule has 0 saturated heterocycles. The highest BCUT2D eigenvalue weighted by Gasteiger charge is 2.28. The number of hydrogen-bond acceptors (Lipinski definition) is 3. The summed E-state index contributed by atoms with van der Waals surface area (Å²) in [5, 5.41) is 2.53. The maximum atomic E-state index is 12.2. The van der Waals surface area contributed by atoms with Crippen molar-refractivity contribution in [2.24, 2.45) is 0 Å². The summed E-state index contributed by atoms with van der Waals surface area (Å²) in [5.74, 6) is -0.437. The van der Waals surface area contributed by atoms with Crippen molar-refractivity contribution < 1.29 is 22.7 Å². The van der Waals surface area contributed by atoms with Crippen molar-refractivity contribution in [1.82, 2.24) is 0 Å². The van der Waals surface area contributed by atoms with E-state index in [9.17, 15) is 18.0 Å². The second-order valence-corrected chi connectivity index (χ2v) is 6.42. The molecule has 1 amide bonds. The summed E-state index contributed by atoms with van der Waals surface area (Å²) in [6.45, 7) is -1.41. The second-order valence-electron chi connectivity index (χ2n) is 3.96. The molecule has 0 atom stereocenters. The number of benzene rings is 1. The Labute approximate surface area is 130 Å². The molecule has 2 aromatic rings. The van der Waals surface area contributed by atoms with E-state index in [0.717, 1.165) is 3.79 Å². The quantitative estimate of drug-likeness (QED) is 0.835. The molecule has 8 heteroatoms. The third-order valence-corrected chi connectivity index (χ3v) is 3.95. The standard InChI is InChI=1S/C13H9BrF3NO2S/c14-11-6-5-10(21-11)12(19)18-8-3-1-2-4-9(8)20-7-13(15,16)17/h1-6H,7H2,(H,18,19). The largest absolute Gasteiger partial charge is 0.482 e. The minimum Gasteiger partial charge on any atom is -0.482 e. The lowest BCUT2D eigenvalue weighted by molar-refractivity contribution is -0.153. The number of amides is 1. The predicted octanol–water partition coefficient (Wildman–Crippen LogP) is 4.70. The van der Waals surface area contributed by atoms with Gasteiger partial charge in [-0.05, 0) is 40.2 Å². The van der Waals surface area contributed by atoms with Crippen LogP contribution in [0.4, 0.5) is 18.9 Å². The van der Waals surface area contributed by atoms with Crippen molar-refractivity contribution in [3.05, 3.63) is 45.1 Å². The zero-order chi connectivity index (χ0) is 15.5. The Morgan fingerprint density at radius 1 is 1.24 bits per heavy atom. The molecule has 0 radical (unpaired) electrons. The second kappa shape index (κ2) is 6.48. The summed E-state index contributed by atoms with van der Waals surface area (Å²) < 4.78 is 42.0. The molecular formula is C13H9BrF3NO2S. The molecule has 1 N–H and O–H groups in total. The SMILES string of the molecule is O=C(Nc1ccccc1OCC(F)(F)F)c1ccc(Br)s1. The average molecular weight is 380 g/mol. The van der Waals surface area contributed by atoms with Crippen LogP contribution in [0.1, 0.15) is 9.67 Å².